The van der Waals surface area contributed by atoms with Crippen LogP contribution in [0.15, 0.2) is 59.5 Å². The first-order chi connectivity index (χ1) is 15.6. The Morgan fingerprint density at radius 2 is 2.00 bits per heavy atom. The summed E-state index contributed by atoms with van der Waals surface area (Å²) in [6.07, 6.45) is 4.46. The highest BCUT2D eigenvalue weighted by molar-refractivity contribution is 5.78. The number of hydrogen-bond acceptors (Lipinski definition) is 7. The molecule has 1 atom stereocenters. The molecule has 0 aliphatic heterocycles. The third kappa shape index (κ3) is 6.63. The van der Waals surface area contributed by atoms with Crippen LogP contribution in [0, 0.1) is 0 Å². The fraction of sp³-hybridized carbons (Fsp3) is 0.375. The van der Waals surface area contributed by atoms with Crippen molar-refractivity contribution in [2.75, 3.05) is 32.8 Å². The van der Waals surface area contributed by atoms with Gasteiger partial charge in [-0.25, -0.2) is 4.98 Å². The molecule has 8 heteroatoms. The van der Waals surface area contributed by atoms with Gasteiger partial charge in [-0.1, -0.05) is 6.07 Å². The molecule has 0 bridgehead atoms. The summed E-state index contributed by atoms with van der Waals surface area (Å²) in [5.41, 5.74) is 2.36. The number of pyridine rings is 1. The third-order valence-corrected chi connectivity index (χ3v) is 5.07. The Labute approximate surface area is 188 Å². The number of carbonyl (C=O) groups excluding carboxylic acids is 1. The molecule has 1 amide bonds. The molecule has 0 aliphatic carbocycles. The molecular formula is C24H30N4O4. The molecule has 0 saturated carbocycles. The molecule has 2 aromatic heterocycles. The first kappa shape index (κ1) is 23.4. The summed E-state index contributed by atoms with van der Waals surface area (Å²) in [6, 6.07) is 11.2. The van der Waals surface area contributed by atoms with Gasteiger partial charge in [0.05, 0.1) is 6.10 Å². The van der Waals surface area contributed by atoms with Crippen molar-refractivity contribution in [3.05, 3.63) is 66.5 Å². The van der Waals surface area contributed by atoms with Crippen LogP contribution in [0.3, 0.4) is 0 Å². The number of rotatable bonds is 12. The molecule has 0 aliphatic rings. The molecule has 3 rings (SSSR count). The summed E-state index contributed by atoms with van der Waals surface area (Å²) in [5, 5.41) is 13.3. The van der Waals surface area contributed by atoms with Gasteiger partial charge in [0.1, 0.15) is 30.7 Å². The normalized spacial score (nSPS) is 11.8. The zero-order valence-corrected chi connectivity index (χ0v) is 18.5. The summed E-state index contributed by atoms with van der Waals surface area (Å²) in [6.45, 7) is 6.75. The summed E-state index contributed by atoms with van der Waals surface area (Å²) < 4.78 is 11.2. The van der Waals surface area contributed by atoms with Gasteiger partial charge in [-0.3, -0.25) is 9.78 Å². The highest BCUT2D eigenvalue weighted by atomic mass is 16.5. The number of benzene rings is 1. The predicted octanol–water partition coefficient (Wildman–Crippen LogP) is 2.85. The molecule has 170 valence electrons. The Morgan fingerprint density at radius 1 is 1.22 bits per heavy atom. The van der Waals surface area contributed by atoms with Gasteiger partial charge in [-0.2, -0.15) is 0 Å². The van der Waals surface area contributed by atoms with Crippen molar-refractivity contribution in [1.82, 2.24) is 20.2 Å². The van der Waals surface area contributed by atoms with E-state index in [2.05, 4.69) is 15.3 Å². The Bertz CT molecular complexity index is 956. The molecule has 0 unspecified atom stereocenters. The van der Waals surface area contributed by atoms with E-state index in [1.807, 2.05) is 44.2 Å². The van der Waals surface area contributed by atoms with E-state index >= 15 is 0 Å². The lowest BCUT2D eigenvalue weighted by Crippen LogP contribution is -2.31. The van der Waals surface area contributed by atoms with Crippen LogP contribution in [0.2, 0.25) is 0 Å². The van der Waals surface area contributed by atoms with Crippen molar-refractivity contribution in [2.45, 2.75) is 26.4 Å². The van der Waals surface area contributed by atoms with E-state index in [1.54, 1.807) is 29.6 Å². The van der Waals surface area contributed by atoms with Crippen molar-refractivity contribution in [2.24, 2.45) is 0 Å². The summed E-state index contributed by atoms with van der Waals surface area (Å²) in [4.78, 5) is 22.4. The van der Waals surface area contributed by atoms with Gasteiger partial charge in [0.25, 0.3) is 0 Å². The number of carbonyl (C=O) groups is 1. The topological polar surface area (TPSA) is 101 Å². The highest BCUT2D eigenvalue weighted by Gasteiger charge is 2.15. The first-order valence-electron chi connectivity index (χ1n) is 10.8. The lowest BCUT2D eigenvalue weighted by atomic mass is 10.1. The Balaban J connectivity index is 1.42. The van der Waals surface area contributed by atoms with Crippen molar-refractivity contribution in [3.63, 3.8) is 0 Å². The second-order valence-electron chi connectivity index (χ2n) is 7.25. The van der Waals surface area contributed by atoms with E-state index in [0.29, 0.717) is 44.4 Å². The molecule has 0 radical (unpaired) electrons. The Kier molecular flexibility index (Phi) is 8.77. The van der Waals surface area contributed by atoms with Crippen molar-refractivity contribution in [3.8, 4) is 17.0 Å². The average molecular weight is 439 g/mol. The zero-order chi connectivity index (χ0) is 22.8. The van der Waals surface area contributed by atoms with E-state index in [4.69, 9.17) is 9.15 Å². The van der Waals surface area contributed by atoms with E-state index in [-0.39, 0.29) is 12.3 Å². The minimum Gasteiger partial charge on any atom is -0.492 e. The maximum atomic E-state index is 12.2. The van der Waals surface area contributed by atoms with Crippen molar-refractivity contribution >= 4 is 5.91 Å². The predicted molar refractivity (Wildman–Crippen MR) is 121 cm³/mol. The second-order valence-corrected chi connectivity index (χ2v) is 7.25. The van der Waals surface area contributed by atoms with Crippen LogP contribution in [-0.2, 0) is 11.2 Å². The summed E-state index contributed by atoms with van der Waals surface area (Å²) >= 11 is 0. The van der Waals surface area contributed by atoms with E-state index in [1.165, 1.54) is 0 Å². The van der Waals surface area contributed by atoms with Gasteiger partial charge >= 0.3 is 0 Å². The minimum atomic E-state index is -0.599. The smallest absolute Gasteiger partial charge is 0.231 e. The number of aromatic nitrogens is 2. The summed E-state index contributed by atoms with van der Waals surface area (Å²) in [5.74, 6) is 1.16. The maximum absolute atomic E-state index is 12.2. The van der Waals surface area contributed by atoms with Crippen LogP contribution in [0.1, 0.15) is 31.4 Å². The lowest BCUT2D eigenvalue weighted by molar-refractivity contribution is -0.130. The molecule has 0 saturated heterocycles. The maximum Gasteiger partial charge on any atom is 0.231 e. The number of oxazole rings is 1. The second kappa shape index (κ2) is 12.0. The number of aliphatic hydroxyl groups is 1. The fourth-order valence-corrected chi connectivity index (χ4v) is 3.23. The van der Waals surface area contributed by atoms with Crippen LogP contribution in [-0.4, -0.2) is 58.7 Å². The van der Waals surface area contributed by atoms with Gasteiger partial charge < -0.3 is 24.5 Å². The van der Waals surface area contributed by atoms with Crippen LogP contribution < -0.4 is 10.1 Å². The number of amides is 1. The van der Waals surface area contributed by atoms with Crippen LogP contribution in [0.4, 0.5) is 0 Å². The third-order valence-electron chi connectivity index (χ3n) is 5.07. The molecule has 0 spiro atoms. The number of aliphatic hydroxyl groups excluding tert-OH is 1. The molecule has 2 heterocycles. The number of ether oxygens (including phenoxy) is 1. The van der Waals surface area contributed by atoms with Crippen LogP contribution in [0.25, 0.3) is 11.3 Å². The average Bonchev–Trinajstić information content (AvgIpc) is 3.29. The number of nitrogens with zero attached hydrogens (tertiary/aromatic N) is 3. The van der Waals surface area contributed by atoms with E-state index in [9.17, 15) is 9.90 Å². The number of likely N-dealkylation sites (N-methyl/N-ethyl adjacent to an activating group) is 1. The number of hydrogen-bond donors (Lipinski definition) is 2. The van der Waals surface area contributed by atoms with Crippen LogP contribution >= 0.6 is 0 Å². The fourth-order valence-electron chi connectivity index (χ4n) is 3.23. The molecule has 32 heavy (non-hydrogen) atoms. The SMILES string of the molecule is CCN(CC)C(=O)Cc1nc(-c2ccc(OCCNC[C@@H](O)c3cccnc3)cc2)co1. The van der Waals surface area contributed by atoms with Gasteiger partial charge in [0.15, 0.2) is 0 Å². The van der Waals surface area contributed by atoms with Crippen molar-refractivity contribution in [1.29, 1.82) is 0 Å². The molecule has 0 fully saturated rings. The van der Waals surface area contributed by atoms with Gasteiger partial charge in [0.2, 0.25) is 11.8 Å². The standard InChI is InChI=1S/C24H30N4O4/c1-3-28(4-2)24(30)14-23-27-21(17-32-23)18-7-9-20(10-8-18)31-13-12-26-16-22(29)19-6-5-11-25-15-19/h5-11,15,17,22,26,29H,3-4,12-14,16H2,1-2H3/t22-/m1/s1. The zero-order valence-electron chi connectivity index (χ0n) is 18.5. The summed E-state index contributed by atoms with van der Waals surface area (Å²) in [7, 11) is 0. The largest absolute Gasteiger partial charge is 0.492 e. The van der Waals surface area contributed by atoms with E-state index < -0.39 is 6.10 Å². The van der Waals surface area contributed by atoms with Crippen molar-refractivity contribution < 1.29 is 19.1 Å². The molecular weight excluding hydrogens is 408 g/mol. The van der Waals surface area contributed by atoms with Crippen LogP contribution in [0.5, 0.6) is 5.75 Å². The Hall–Kier alpha value is -3.23. The first-order valence-corrected chi connectivity index (χ1v) is 10.8. The minimum absolute atomic E-state index is 0.00807. The van der Waals surface area contributed by atoms with Gasteiger partial charge in [-0.15, -0.1) is 0 Å². The molecule has 3 aromatic rings. The van der Waals surface area contributed by atoms with E-state index in [0.717, 1.165) is 16.9 Å². The highest BCUT2D eigenvalue weighted by Crippen LogP contribution is 2.22. The molecule has 8 nitrogen and oxygen atoms in total. The number of nitrogens with one attached hydrogen (secondary N) is 1. The van der Waals surface area contributed by atoms with Gasteiger partial charge in [0, 0.05) is 49.7 Å². The Morgan fingerprint density at radius 3 is 2.69 bits per heavy atom. The quantitative estimate of drug-likeness (QED) is 0.419. The monoisotopic (exact) mass is 438 g/mol. The molecule has 1 aromatic carbocycles. The lowest BCUT2D eigenvalue weighted by Gasteiger charge is -2.17. The van der Waals surface area contributed by atoms with Gasteiger partial charge in [-0.05, 0) is 44.2 Å². The molecule has 2 N–H and O–H groups in total.